The van der Waals surface area contributed by atoms with E-state index in [0.717, 1.165) is 23.1 Å². The second-order valence-corrected chi connectivity index (χ2v) is 6.54. The molecule has 0 spiro atoms. The van der Waals surface area contributed by atoms with Gasteiger partial charge in [-0.25, -0.2) is 4.79 Å². The van der Waals surface area contributed by atoms with Crippen LogP contribution in [-0.2, 0) is 9.53 Å². The molecule has 1 aliphatic heterocycles. The molecule has 0 radical (unpaired) electrons. The Kier molecular flexibility index (Phi) is 7.36. The molecule has 1 aliphatic rings. The SMILES string of the molecule is COC(=O)N1CCC(NC(=O)CCCOc2ccccc2Br)CC1. The number of hydrogen-bond acceptors (Lipinski definition) is 4. The topological polar surface area (TPSA) is 67.9 Å². The number of carbonyl (C=O) groups is 2. The van der Waals surface area contributed by atoms with Crippen molar-refractivity contribution in [1.82, 2.24) is 10.2 Å². The third kappa shape index (κ3) is 5.70. The molecule has 0 bridgehead atoms. The Labute approximate surface area is 150 Å². The van der Waals surface area contributed by atoms with Crippen LogP contribution in [0.5, 0.6) is 5.75 Å². The Balaban J connectivity index is 1.60. The summed E-state index contributed by atoms with van der Waals surface area (Å²) in [5, 5.41) is 3.02. The van der Waals surface area contributed by atoms with Crippen LogP contribution in [0, 0.1) is 0 Å². The average Bonchev–Trinajstić information content (AvgIpc) is 2.60. The van der Waals surface area contributed by atoms with Crippen molar-refractivity contribution in [2.24, 2.45) is 0 Å². The summed E-state index contributed by atoms with van der Waals surface area (Å²) in [5.41, 5.74) is 0. The smallest absolute Gasteiger partial charge is 0.409 e. The summed E-state index contributed by atoms with van der Waals surface area (Å²) < 4.78 is 11.3. The van der Waals surface area contributed by atoms with E-state index in [1.165, 1.54) is 7.11 Å². The molecule has 7 heteroatoms. The highest BCUT2D eigenvalue weighted by Gasteiger charge is 2.23. The normalized spacial score (nSPS) is 15.0. The Morgan fingerprint density at radius 3 is 2.67 bits per heavy atom. The summed E-state index contributed by atoms with van der Waals surface area (Å²) in [6.07, 6.45) is 2.31. The Morgan fingerprint density at radius 1 is 1.29 bits per heavy atom. The van der Waals surface area contributed by atoms with Crippen LogP contribution in [0.2, 0.25) is 0 Å². The van der Waals surface area contributed by atoms with Gasteiger partial charge in [-0.3, -0.25) is 4.79 Å². The first-order chi connectivity index (χ1) is 11.6. The maximum atomic E-state index is 12.0. The summed E-state index contributed by atoms with van der Waals surface area (Å²) in [5.74, 6) is 0.815. The van der Waals surface area contributed by atoms with Crippen molar-refractivity contribution in [2.45, 2.75) is 31.7 Å². The third-order valence-electron chi connectivity index (χ3n) is 3.94. The van der Waals surface area contributed by atoms with Crippen molar-refractivity contribution in [3.63, 3.8) is 0 Å². The lowest BCUT2D eigenvalue weighted by atomic mass is 10.1. The van der Waals surface area contributed by atoms with E-state index in [1.807, 2.05) is 24.3 Å². The van der Waals surface area contributed by atoms with Crippen molar-refractivity contribution < 1.29 is 19.1 Å². The van der Waals surface area contributed by atoms with Gasteiger partial charge in [0.1, 0.15) is 5.75 Å². The maximum absolute atomic E-state index is 12.0. The van der Waals surface area contributed by atoms with E-state index in [2.05, 4.69) is 21.2 Å². The number of nitrogens with zero attached hydrogens (tertiary/aromatic N) is 1. The largest absolute Gasteiger partial charge is 0.492 e. The number of rotatable bonds is 6. The molecule has 0 atom stereocenters. The van der Waals surface area contributed by atoms with Gasteiger partial charge in [0.05, 0.1) is 18.2 Å². The van der Waals surface area contributed by atoms with Crippen LogP contribution in [0.1, 0.15) is 25.7 Å². The lowest BCUT2D eigenvalue weighted by Gasteiger charge is -2.31. The lowest BCUT2D eigenvalue weighted by molar-refractivity contribution is -0.122. The molecular formula is C17H23BrN2O4. The second-order valence-electron chi connectivity index (χ2n) is 5.68. The van der Waals surface area contributed by atoms with Crippen LogP contribution >= 0.6 is 15.9 Å². The molecule has 1 heterocycles. The molecule has 1 aromatic carbocycles. The van der Waals surface area contributed by atoms with Gasteiger partial charge in [0.2, 0.25) is 5.91 Å². The van der Waals surface area contributed by atoms with E-state index in [9.17, 15) is 9.59 Å². The number of nitrogens with one attached hydrogen (secondary N) is 1. The molecule has 1 fully saturated rings. The second kappa shape index (κ2) is 9.52. The van der Waals surface area contributed by atoms with E-state index >= 15 is 0 Å². The minimum Gasteiger partial charge on any atom is -0.492 e. The highest BCUT2D eigenvalue weighted by molar-refractivity contribution is 9.10. The Hall–Kier alpha value is -1.76. The number of amides is 2. The van der Waals surface area contributed by atoms with Gasteiger partial charge in [-0.05, 0) is 47.3 Å². The van der Waals surface area contributed by atoms with Crippen LogP contribution in [0.3, 0.4) is 0 Å². The summed E-state index contributed by atoms with van der Waals surface area (Å²) in [4.78, 5) is 25.1. The zero-order chi connectivity index (χ0) is 17.4. The number of halogens is 1. The van der Waals surface area contributed by atoms with Gasteiger partial charge >= 0.3 is 6.09 Å². The number of piperidine rings is 1. The molecule has 6 nitrogen and oxygen atoms in total. The summed E-state index contributed by atoms with van der Waals surface area (Å²) in [6, 6.07) is 7.77. The molecule has 1 N–H and O–H groups in total. The van der Waals surface area contributed by atoms with Crippen LogP contribution in [0.25, 0.3) is 0 Å². The standard InChI is InChI=1S/C17H23BrN2O4/c1-23-17(22)20-10-8-13(9-11-20)19-16(21)7-4-12-24-15-6-3-2-5-14(15)18/h2-3,5-6,13H,4,7-12H2,1H3,(H,19,21). The molecule has 0 aliphatic carbocycles. The van der Waals surface area contributed by atoms with E-state index in [4.69, 9.17) is 9.47 Å². The maximum Gasteiger partial charge on any atom is 0.409 e. The highest BCUT2D eigenvalue weighted by atomic mass is 79.9. The van der Waals surface area contributed by atoms with Gasteiger partial charge in [-0.15, -0.1) is 0 Å². The van der Waals surface area contributed by atoms with Gasteiger partial charge < -0.3 is 19.7 Å². The molecule has 2 rings (SSSR count). The van der Waals surface area contributed by atoms with Crippen molar-refractivity contribution in [2.75, 3.05) is 26.8 Å². The molecule has 132 valence electrons. The Bertz CT molecular complexity index is 559. The average molecular weight is 399 g/mol. The van der Waals surface area contributed by atoms with E-state index in [1.54, 1.807) is 4.90 Å². The first kappa shape index (κ1) is 18.6. The lowest BCUT2D eigenvalue weighted by Crippen LogP contribution is -2.46. The number of para-hydroxylation sites is 1. The van der Waals surface area contributed by atoms with Crippen LogP contribution in [-0.4, -0.2) is 49.7 Å². The van der Waals surface area contributed by atoms with Crippen molar-refractivity contribution in [3.05, 3.63) is 28.7 Å². The fourth-order valence-electron chi connectivity index (χ4n) is 2.61. The van der Waals surface area contributed by atoms with Gasteiger partial charge in [0.25, 0.3) is 0 Å². The predicted octanol–water partition coefficient (Wildman–Crippen LogP) is 2.96. The number of methoxy groups -OCH3 is 1. The van der Waals surface area contributed by atoms with Crippen molar-refractivity contribution in [1.29, 1.82) is 0 Å². The summed E-state index contributed by atoms with van der Waals surface area (Å²) >= 11 is 3.42. The molecule has 0 unspecified atom stereocenters. The van der Waals surface area contributed by atoms with E-state index in [-0.39, 0.29) is 18.0 Å². The van der Waals surface area contributed by atoms with Gasteiger partial charge in [-0.2, -0.15) is 0 Å². The number of likely N-dealkylation sites (tertiary alicyclic amines) is 1. The minimum absolute atomic E-state index is 0.0299. The van der Waals surface area contributed by atoms with Gasteiger partial charge in [0.15, 0.2) is 0 Å². The molecule has 0 aromatic heterocycles. The van der Waals surface area contributed by atoms with Crippen LogP contribution in [0.4, 0.5) is 4.79 Å². The minimum atomic E-state index is -0.302. The number of hydrogen-bond donors (Lipinski definition) is 1. The quantitative estimate of drug-likeness (QED) is 0.747. The monoisotopic (exact) mass is 398 g/mol. The zero-order valence-electron chi connectivity index (χ0n) is 13.8. The molecule has 0 saturated carbocycles. The first-order valence-electron chi connectivity index (χ1n) is 8.09. The molecule has 1 aromatic rings. The Morgan fingerprint density at radius 2 is 2.00 bits per heavy atom. The van der Waals surface area contributed by atoms with Crippen molar-refractivity contribution >= 4 is 27.9 Å². The third-order valence-corrected chi connectivity index (χ3v) is 4.59. The van der Waals surface area contributed by atoms with Gasteiger partial charge in [-0.1, -0.05) is 12.1 Å². The summed E-state index contributed by atoms with van der Waals surface area (Å²) in [6.45, 7) is 1.72. The summed E-state index contributed by atoms with van der Waals surface area (Å²) in [7, 11) is 1.38. The van der Waals surface area contributed by atoms with E-state index in [0.29, 0.717) is 32.5 Å². The fraction of sp³-hybridized carbons (Fsp3) is 0.529. The van der Waals surface area contributed by atoms with Crippen molar-refractivity contribution in [3.8, 4) is 5.75 Å². The van der Waals surface area contributed by atoms with Crippen LogP contribution < -0.4 is 10.1 Å². The molecule has 24 heavy (non-hydrogen) atoms. The number of benzene rings is 1. The fourth-order valence-corrected chi connectivity index (χ4v) is 3.01. The number of ether oxygens (including phenoxy) is 2. The van der Waals surface area contributed by atoms with Crippen LogP contribution in [0.15, 0.2) is 28.7 Å². The predicted molar refractivity (Wildman–Crippen MR) is 94.0 cm³/mol. The molecule has 2 amide bonds. The number of carbonyl (C=O) groups excluding carboxylic acids is 2. The molecule has 1 saturated heterocycles. The van der Waals surface area contributed by atoms with E-state index < -0.39 is 0 Å². The first-order valence-corrected chi connectivity index (χ1v) is 8.89. The van der Waals surface area contributed by atoms with Gasteiger partial charge in [0, 0.05) is 25.6 Å². The molecular weight excluding hydrogens is 376 g/mol. The highest BCUT2D eigenvalue weighted by Crippen LogP contribution is 2.23. The zero-order valence-corrected chi connectivity index (χ0v) is 15.4.